The van der Waals surface area contributed by atoms with E-state index in [1.54, 1.807) is 43.9 Å². The number of imidazole rings is 1. The Morgan fingerprint density at radius 2 is 2.00 bits per heavy atom. The average molecular weight is 502 g/mol. The van der Waals surface area contributed by atoms with Gasteiger partial charge in [0.2, 0.25) is 0 Å². The van der Waals surface area contributed by atoms with Gasteiger partial charge in [0, 0.05) is 43.6 Å². The molecule has 1 atom stereocenters. The number of hydrogen-bond donors (Lipinski definition) is 1. The quantitative estimate of drug-likeness (QED) is 0.402. The van der Waals surface area contributed by atoms with Crippen LogP contribution in [-0.2, 0) is 17.8 Å². The number of β-amino-alcohol motifs (C(OH)–C–C–N with tert-alkyl or cyclic N) is 1. The molecule has 188 valence electrons. The second-order valence-electron chi connectivity index (χ2n) is 8.72. The van der Waals surface area contributed by atoms with Crippen LogP contribution >= 0.6 is 11.6 Å². The van der Waals surface area contributed by atoms with Crippen LogP contribution in [0.5, 0.6) is 17.2 Å². The zero-order valence-corrected chi connectivity index (χ0v) is 20.7. The summed E-state index contributed by atoms with van der Waals surface area (Å²) < 4.78 is 25.1. The zero-order chi connectivity index (χ0) is 24.5. The number of ether oxygens (including phenoxy) is 4. The first kappa shape index (κ1) is 25.3. The summed E-state index contributed by atoms with van der Waals surface area (Å²) in [7, 11) is 1.64. The molecule has 1 N–H and O–H groups in total. The maximum atomic E-state index is 11.2. The molecule has 1 aromatic heterocycles. The summed E-state index contributed by atoms with van der Waals surface area (Å²) in [5, 5.41) is 11.8. The summed E-state index contributed by atoms with van der Waals surface area (Å²) in [6, 6.07) is 13.0. The molecule has 0 bridgehead atoms. The Morgan fingerprint density at radius 3 is 2.77 bits per heavy atom. The summed E-state index contributed by atoms with van der Waals surface area (Å²) in [6.07, 6.45) is 6.36. The maximum absolute atomic E-state index is 11.2. The largest absolute Gasteiger partial charge is 0.493 e. The number of halogens is 1. The minimum absolute atomic E-state index is 0.124. The fourth-order valence-corrected chi connectivity index (χ4v) is 4.13. The summed E-state index contributed by atoms with van der Waals surface area (Å²) in [6.45, 7) is 4.05. The number of rotatable bonds is 11. The molecule has 0 amide bonds. The molecule has 1 aliphatic rings. The Morgan fingerprint density at radius 1 is 1.14 bits per heavy atom. The molecule has 2 heterocycles. The zero-order valence-electron chi connectivity index (χ0n) is 19.9. The van der Waals surface area contributed by atoms with Crippen molar-refractivity contribution >= 4 is 11.6 Å². The molecule has 0 unspecified atom stereocenters. The topological polar surface area (TPSA) is 78.2 Å². The van der Waals surface area contributed by atoms with Crippen molar-refractivity contribution in [2.24, 2.45) is 0 Å². The van der Waals surface area contributed by atoms with Gasteiger partial charge in [-0.1, -0.05) is 17.7 Å². The van der Waals surface area contributed by atoms with E-state index in [1.807, 2.05) is 29.0 Å². The van der Waals surface area contributed by atoms with Crippen molar-refractivity contribution < 1.29 is 24.1 Å². The van der Waals surface area contributed by atoms with Crippen LogP contribution in [-0.4, -0.2) is 71.8 Å². The van der Waals surface area contributed by atoms with Gasteiger partial charge in [0.15, 0.2) is 11.5 Å². The number of nitrogens with zero attached hydrogens (tertiary/aromatic N) is 3. The molecule has 3 aromatic rings. The Balaban J connectivity index is 1.34. The van der Waals surface area contributed by atoms with Crippen LogP contribution in [0, 0.1) is 0 Å². The third kappa shape index (κ3) is 7.60. The second kappa shape index (κ2) is 12.3. The molecular formula is C26H32ClN3O5. The number of hydrogen-bond acceptors (Lipinski definition) is 7. The molecule has 35 heavy (non-hydrogen) atoms. The molecule has 0 saturated carbocycles. The lowest BCUT2D eigenvalue weighted by Gasteiger charge is -2.30. The molecule has 1 fully saturated rings. The fraction of sp³-hybridized carbons (Fsp3) is 0.423. The predicted molar refractivity (Wildman–Crippen MR) is 133 cm³/mol. The normalized spacial score (nSPS) is 18.7. The summed E-state index contributed by atoms with van der Waals surface area (Å²) in [5.74, 6) is 2.06. The fourth-order valence-electron chi connectivity index (χ4n) is 4.01. The van der Waals surface area contributed by atoms with Crippen molar-refractivity contribution in [3.63, 3.8) is 0 Å². The highest BCUT2D eigenvalue weighted by Crippen LogP contribution is 2.29. The lowest BCUT2D eigenvalue weighted by atomic mass is 10.1. The molecule has 0 spiro atoms. The number of methoxy groups -OCH3 is 1. The van der Waals surface area contributed by atoms with E-state index in [9.17, 15) is 5.11 Å². The summed E-state index contributed by atoms with van der Waals surface area (Å²) >= 11 is 5.94. The Bertz CT molecular complexity index is 1050. The van der Waals surface area contributed by atoms with E-state index in [0.29, 0.717) is 55.1 Å². The van der Waals surface area contributed by atoms with Gasteiger partial charge in [0.05, 0.1) is 33.3 Å². The van der Waals surface area contributed by atoms with Crippen LogP contribution in [0.15, 0.2) is 61.2 Å². The predicted octanol–water partition coefficient (Wildman–Crippen LogP) is 3.66. The number of benzene rings is 2. The van der Waals surface area contributed by atoms with E-state index in [0.717, 1.165) is 18.5 Å². The molecule has 0 aliphatic carbocycles. The molecule has 8 nitrogen and oxygen atoms in total. The third-order valence-corrected chi connectivity index (χ3v) is 6.03. The average Bonchev–Trinajstić information content (AvgIpc) is 3.31. The van der Waals surface area contributed by atoms with Gasteiger partial charge >= 0.3 is 0 Å². The van der Waals surface area contributed by atoms with Gasteiger partial charge in [-0.2, -0.15) is 0 Å². The standard InChI is InChI=1S/C26H32ClN3O5/c1-32-24-8-3-21(15-25(24)34-13-2-10-29-11-9-28-20-29)16-30-12-14-33-18-26(31,17-30)19-35-23-6-4-22(27)5-7-23/h3-9,11,15,20,31H,2,10,12-14,16-19H2,1H3/t26-/m1/s1. The van der Waals surface area contributed by atoms with Crippen LogP contribution in [0.3, 0.4) is 0 Å². The van der Waals surface area contributed by atoms with Crippen molar-refractivity contribution in [2.75, 3.05) is 46.6 Å². The van der Waals surface area contributed by atoms with Crippen molar-refractivity contribution in [3.05, 3.63) is 71.8 Å². The molecule has 2 aromatic carbocycles. The highest BCUT2D eigenvalue weighted by molar-refractivity contribution is 6.30. The number of aryl methyl sites for hydroxylation is 1. The van der Waals surface area contributed by atoms with Crippen molar-refractivity contribution in [1.82, 2.24) is 14.5 Å². The van der Waals surface area contributed by atoms with Crippen LogP contribution in [0.2, 0.25) is 5.02 Å². The molecular weight excluding hydrogens is 470 g/mol. The van der Waals surface area contributed by atoms with Crippen molar-refractivity contribution in [3.8, 4) is 17.2 Å². The molecule has 9 heteroatoms. The monoisotopic (exact) mass is 501 g/mol. The van der Waals surface area contributed by atoms with E-state index >= 15 is 0 Å². The van der Waals surface area contributed by atoms with Gasteiger partial charge in [0.25, 0.3) is 0 Å². The van der Waals surface area contributed by atoms with Crippen molar-refractivity contribution in [2.45, 2.75) is 25.1 Å². The molecule has 0 radical (unpaired) electrons. The van der Waals surface area contributed by atoms with E-state index in [1.165, 1.54) is 0 Å². The van der Waals surface area contributed by atoms with E-state index in [2.05, 4.69) is 9.88 Å². The smallest absolute Gasteiger partial charge is 0.161 e. The van der Waals surface area contributed by atoms with Gasteiger partial charge in [-0.3, -0.25) is 4.90 Å². The first-order valence-corrected chi connectivity index (χ1v) is 12.1. The second-order valence-corrected chi connectivity index (χ2v) is 9.15. The minimum Gasteiger partial charge on any atom is -0.493 e. The Hall–Kier alpha value is -2.78. The Labute approximate surface area is 211 Å². The van der Waals surface area contributed by atoms with Crippen LogP contribution in [0.4, 0.5) is 0 Å². The van der Waals surface area contributed by atoms with E-state index < -0.39 is 5.60 Å². The lowest BCUT2D eigenvalue weighted by molar-refractivity contribution is -0.0646. The SMILES string of the molecule is COc1ccc(CN2CCOC[C@@](O)(COc3ccc(Cl)cc3)C2)cc1OCCCn1ccnc1. The van der Waals surface area contributed by atoms with Gasteiger partial charge in [-0.05, 0) is 48.4 Å². The third-order valence-electron chi connectivity index (χ3n) is 5.77. The first-order chi connectivity index (χ1) is 17.0. The summed E-state index contributed by atoms with van der Waals surface area (Å²) in [5.41, 5.74) is -0.0619. The van der Waals surface area contributed by atoms with Gasteiger partial charge in [0.1, 0.15) is 18.0 Å². The summed E-state index contributed by atoms with van der Waals surface area (Å²) in [4.78, 5) is 6.23. The molecule has 4 rings (SSSR count). The van der Waals surface area contributed by atoms with Gasteiger partial charge in [-0.15, -0.1) is 0 Å². The van der Waals surface area contributed by atoms with Gasteiger partial charge < -0.3 is 28.6 Å². The van der Waals surface area contributed by atoms with Crippen LogP contribution in [0.25, 0.3) is 0 Å². The van der Waals surface area contributed by atoms with Crippen LogP contribution < -0.4 is 14.2 Å². The van der Waals surface area contributed by atoms with E-state index in [-0.39, 0.29) is 13.2 Å². The first-order valence-electron chi connectivity index (χ1n) is 11.7. The highest BCUT2D eigenvalue weighted by atomic mass is 35.5. The number of aliphatic hydroxyl groups is 1. The van der Waals surface area contributed by atoms with Crippen LogP contribution in [0.1, 0.15) is 12.0 Å². The lowest BCUT2D eigenvalue weighted by Crippen LogP contribution is -2.48. The Kier molecular flexibility index (Phi) is 8.87. The number of aromatic nitrogens is 2. The van der Waals surface area contributed by atoms with Gasteiger partial charge in [-0.25, -0.2) is 4.98 Å². The molecule has 1 aliphatic heterocycles. The highest BCUT2D eigenvalue weighted by Gasteiger charge is 2.33. The maximum Gasteiger partial charge on any atom is 0.161 e. The molecule has 1 saturated heterocycles. The minimum atomic E-state index is -1.13. The van der Waals surface area contributed by atoms with Crippen molar-refractivity contribution in [1.29, 1.82) is 0 Å². The van der Waals surface area contributed by atoms with E-state index in [4.69, 9.17) is 30.5 Å².